The van der Waals surface area contributed by atoms with Crippen molar-refractivity contribution in [2.45, 2.75) is 0 Å². The molecule has 1 aliphatic heterocycles. The highest BCUT2D eigenvalue weighted by Crippen LogP contribution is 2.27. The Bertz CT molecular complexity index is 860. The molecule has 0 bridgehead atoms. The lowest BCUT2D eigenvalue weighted by Gasteiger charge is -2.26. The van der Waals surface area contributed by atoms with Gasteiger partial charge in [-0.1, -0.05) is 11.3 Å². The Morgan fingerprint density at radius 3 is 2.84 bits per heavy atom. The summed E-state index contributed by atoms with van der Waals surface area (Å²) in [6.45, 7) is 4.61. The summed E-state index contributed by atoms with van der Waals surface area (Å²) in [6.07, 6.45) is 1.08. The molecule has 0 saturated carbocycles. The highest BCUT2D eigenvalue weighted by atomic mass is 32.2. The molecule has 10 heteroatoms. The molecule has 136 valence electrons. The maximum absolute atomic E-state index is 12.3. The van der Waals surface area contributed by atoms with Crippen molar-refractivity contribution in [1.82, 2.24) is 15.2 Å². The van der Waals surface area contributed by atoms with Crippen LogP contribution in [0.1, 0.15) is 10.4 Å². The van der Waals surface area contributed by atoms with Crippen molar-refractivity contribution < 1.29 is 17.9 Å². The number of thiazole rings is 1. The van der Waals surface area contributed by atoms with Gasteiger partial charge >= 0.3 is 0 Å². The van der Waals surface area contributed by atoms with Crippen LogP contribution in [0.15, 0.2) is 18.2 Å². The summed E-state index contributed by atoms with van der Waals surface area (Å²) in [6, 6.07) is 5.14. The highest BCUT2D eigenvalue weighted by Gasteiger charge is 2.13. The van der Waals surface area contributed by atoms with Crippen molar-refractivity contribution >= 4 is 42.6 Å². The number of amides is 1. The first kappa shape index (κ1) is 18.1. The molecular formula is C15H20N4O4S2. The van der Waals surface area contributed by atoms with Crippen molar-refractivity contribution in [2.75, 3.05) is 50.4 Å². The summed E-state index contributed by atoms with van der Waals surface area (Å²) in [7, 11) is -3.37. The molecule has 1 fully saturated rings. The fraction of sp³-hybridized carbons (Fsp3) is 0.467. The zero-order chi connectivity index (χ0) is 17.9. The minimum absolute atomic E-state index is 0.152. The van der Waals surface area contributed by atoms with Crippen molar-refractivity contribution in [3.63, 3.8) is 0 Å². The zero-order valence-electron chi connectivity index (χ0n) is 13.8. The predicted molar refractivity (Wildman–Crippen MR) is 97.7 cm³/mol. The molecule has 1 aromatic heterocycles. The smallest absolute Gasteiger partial charge is 0.251 e. The molecular weight excluding hydrogens is 364 g/mol. The fourth-order valence-corrected chi connectivity index (χ4v) is 4.26. The number of ether oxygens (including phenoxy) is 1. The second-order valence-electron chi connectivity index (χ2n) is 5.79. The molecule has 0 spiro atoms. The van der Waals surface area contributed by atoms with Gasteiger partial charge in [0.1, 0.15) is 0 Å². The average molecular weight is 384 g/mol. The Morgan fingerprint density at radius 2 is 2.12 bits per heavy atom. The number of aromatic nitrogens is 1. The van der Waals surface area contributed by atoms with E-state index in [1.54, 1.807) is 18.2 Å². The Hall–Kier alpha value is -1.75. The van der Waals surface area contributed by atoms with Crippen LogP contribution in [0.2, 0.25) is 0 Å². The Morgan fingerprint density at radius 1 is 1.36 bits per heavy atom. The van der Waals surface area contributed by atoms with Crippen molar-refractivity contribution in [3.05, 3.63) is 23.8 Å². The van der Waals surface area contributed by atoms with Crippen LogP contribution in [-0.2, 0) is 14.8 Å². The van der Waals surface area contributed by atoms with Gasteiger partial charge in [-0.2, -0.15) is 0 Å². The standard InChI is InChI=1S/C15H20N4O4S2/c1-25(21,22)18-15-17-12-3-2-11(10-13(12)24-15)14(20)16-4-5-19-6-8-23-9-7-19/h2-3,10H,4-9H2,1H3,(H,16,20)(H,17,18). The van der Waals surface area contributed by atoms with Crippen LogP contribution in [0.4, 0.5) is 5.13 Å². The van der Waals surface area contributed by atoms with Crippen LogP contribution >= 0.6 is 11.3 Å². The molecule has 1 aromatic carbocycles. The molecule has 2 aromatic rings. The lowest BCUT2D eigenvalue weighted by atomic mass is 10.2. The molecule has 2 heterocycles. The normalized spacial score (nSPS) is 16.0. The van der Waals surface area contributed by atoms with Gasteiger partial charge in [0.25, 0.3) is 5.91 Å². The number of nitrogens with one attached hydrogen (secondary N) is 2. The van der Waals surface area contributed by atoms with Gasteiger partial charge < -0.3 is 10.1 Å². The first-order chi connectivity index (χ1) is 11.9. The van der Waals surface area contributed by atoms with Gasteiger partial charge in [-0.15, -0.1) is 0 Å². The molecule has 8 nitrogen and oxygen atoms in total. The Kier molecular flexibility index (Phi) is 5.52. The second-order valence-corrected chi connectivity index (χ2v) is 8.56. The molecule has 0 radical (unpaired) electrons. The van der Waals surface area contributed by atoms with Gasteiger partial charge in [0.2, 0.25) is 10.0 Å². The summed E-state index contributed by atoms with van der Waals surface area (Å²) >= 11 is 1.20. The number of benzene rings is 1. The summed E-state index contributed by atoms with van der Waals surface area (Å²) in [5.41, 5.74) is 1.19. The lowest BCUT2D eigenvalue weighted by Crippen LogP contribution is -2.41. The summed E-state index contributed by atoms with van der Waals surface area (Å²) in [4.78, 5) is 18.7. The first-order valence-corrected chi connectivity index (χ1v) is 10.6. The summed E-state index contributed by atoms with van der Waals surface area (Å²) < 4.78 is 31.0. The van der Waals surface area contributed by atoms with Crippen LogP contribution < -0.4 is 10.0 Å². The Balaban J connectivity index is 1.61. The first-order valence-electron chi connectivity index (χ1n) is 7.87. The highest BCUT2D eigenvalue weighted by molar-refractivity contribution is 7.92. The van der Waals surface area contributed by atoms with Crippen LogP contribution in [-0.4, -0.2) is 69.9 Å². The van der Waals surface area contributed by atoms with Gasteiger partial charge in [0, 0.05) is 31.7 Å². The zero-order valence-corrected chi connectivity index (χ0v) is 15.5. The number of sulfonamides is 1. The van der Waals surface area contributed by atoms with Gasteiger partial charge in [-0.05, 0) is 18.2 Å². The molecule has 2 N–H and O–H groups in total. The molecule has 0 unspecified atom stereocenters. The maximum Gasteiger partial charge on any atom is 0.251 e. The molecule has 1 saturated heterocycles. The number of fused-ring (bicyclic) bond motifs is 1. The van der Waals surface area contributed by atoms with E-state index < -0.39 is 10.0 Å². The molecule has 0 aliphatic carbocycles. The minimum Gasteiger partial charge on any atom is -0.379 e. The summed E-state index contributed by atoms with van der Waals surface area (Å²) in [5.74, 6) is -0.152. The lowest BCUT2D eigenvalue weighted by molar-refractivity contribution is 0.0383. The number of carbonyl (C=O) groups excluding carboxylic acids is 1. The number of rotatable bonds is 6. The van der Waals surface area contributed by atoms with Gasteiger partial charge in [-0.25, -0.2) is 13.4 Å². The van der Waals surface area contributed by atoms with Crippen molar-refractivity contribution in [1.29, 1.82) is 0 Å². The predicted octanol–water partition coefficient (Wildman–Crippen LogP) is 0.730. The number of morpholine rings is 1. The third kappa shape index (κ3) is 5.11. The third-order valence-corrected chi connectivity index (χ3v) is 5.37. The van der Waals surface area contributed by atoms with Crippen LogP contribution in [0.25, 0.3) is 10.2 Å². The molecule has 0 atom stereocenters. The average Bonchev–Trinajstić information content (AvgIpc) is 2.94. The van der Waals surface area contributed by atoms with E-state index in [1.807, 2.05) is 0 Å². The quantitative estimate of drug-likeness (QED) is 0.762. The maximum atomic E-state index is 12.3. The monoisotopic (exact) mass is 384 g/mol. The summed E-state index contributed by atoms with van der Waals surface area (Å²) in [5, 5.41) is 3.20. The van der Waals surface area contributed by atoms with Crippen molar-refractivity contribution in [3.8, 4) is 0 Å². The number of nitrogens with zero attached hydrogens (tertiary/aromatic N) is 2. The van der Waals surface area contributed by atoms with Gasteiger partial charge in [0.15, 0.2) is 5.13 Å². The van der Waals surface area contributed by atoms with Crippen LogP contribution in [0.3, 0.4) is 0 Å². The third-order valence-electron chi connectivity index (χ3n) is 3.74. The topological polar surface area (TPSA) is 101 Å². The largest absolute Gasteiger partial charge is 0.379 e. The minimum atomic E-state index is -3.37. The van der Waals surface area contributed by atoms with E-state index in [0.717, 1.165) is 43.8 Å². The molecule has 1 aliphatic rings. The SMILES string of the molecule is CS(=O)(=O)Nc1nc2ccc(C(=O)NCCN3CCOCC3)cc2s1. The van der Waals surface area contributed by atoms with Crippen molar-refractivity contribution in [2.24, 2.45) is 0 Å². The van der Waals surface area contributed by atoms with Gasteiger partial charge in [0.05, 0.1) is 29.7 Å². The van der Waals surface area contributed by atoms with E-state index in [-0.39, 0.29) is 5.91 Å². The van der Waals surface area contributed by atoms with E-state index in [0.29, 0.717) is 22.8 Å². The van der Waals surface area contributed by atoms with E-state index in [2.05, 4.69) is 19.9 Å². The fourth-order valence-electron chi connectivity index (χ4n) is 2.52. The van der Waals surface area contributed by atoms with E-state index in [1.165, 1.54) is 11.3 Å². The number of anilines is 1. The molecule has 25 heavy (non-hydrogen) atoms. The van der Waals surface area contributed by atoms with E-state index >= 15 is 0 Å². The number of carbonyl (C=O) groups is 1. The van der Waals surface area contributed by atoms with E-state index in [4.69, 9.17) is 4.74 Å². The molecule has 3 rings (SSSR count). The van der Waals surface area contributed by atoms with Crippen LogP contribution in [0, 0.1) is 0 Å². The van der Waals surface area contributed by atoms with E-state index in [9.17, 15) is 13.2 Å². The second kappa shape index (κ2) is 7.65. The van der Waals surface area contributed by atoms with Gasteiger partial charge in [-0.3, -0.25) is 14.4 Å². The van der Waals surface area contributed by atoms with Crippen LogP contribution in [0.5, 0.6) is 0 Å². The Labute approximate surface area is 150 Å². The number of hydrogen-bond acceptors (Lipinski definition) is 7. The number of hydrogen-bond donors (Lipinski definition) is 2. The molecule has 1 amide bonds.